The Morgan fingerprint density at radius 1 is 1.11 bits per heavy atom. The normalized spacial score (nSPS) is 19.3. The highest BCUT2D eigenvalue weighted by atomic mass is 16.2. The molecule has 1 saturated heterocycles. The summed E-state index contributed by atoms with van der Waals surface area (Å²) in [5, 5.41) is 4.52. The Hall–Kier alpha value is -2.96. The van der Waals surface area contributed by atoms with Gasteiger partial charge in [0.1, 0.15) is 23.7 Å². The van der Waals surface area contributed by atoms with E-state index in [2.05, 4.69) is 24.8 Å². The maximum absolute atomic E-state index is 13.0. The SMILES string of the molecule is O=C(c1cnc2n1CCCC2)N1CC[C@@H](Nc2ncnc3ccccc23)C1. The number of imidazole rings is 1. The topological polar surface area (TPSA) is 75.9 Å². The second kappa shape index (κ2) is 6.64. The summed E-state index contributed by atoms with van der Waals surface area (Å²) >= 11 is 0. The molecule has 1 N–H and O–H groups in total. The van der Waals surface area contributed by atoms with Gasteiger partial charge in [0.2, 0.25) is 0 Å². The zero-order valence-corrected chi connectivity index (χ0v) is 15.1. The maximum Gasteiger partial charge on any atom is 0.272 e. The van der Waals surface area contributed by atoms with Crippen LogP contribution >= 0.6 is 0 Å². The highest BCUT2D eigenvalue weighted by Gasteiger charge is 2.30. The summed E-state index contributed by atoms with van der Waals surface area (Å²) in [4.78, 5) is 28.1. The summed E-state index contributed by atoms with van der Waals surface area (Å²) in [6.45, 7) is 2.33. The molecule has 3 aromatic rings. The van der Waals surface area contributed by atoms with E-state index in [1.807, 2.05) is 29.2 Å². The first-order chi connectivity index (χ1) is 13.3. The van der Waals surface area contributed by atoms with Crippen LogP contribution in [0.2, 0.25) is 0 Å². The fraction of sp³-hybridized carbons (Fsp3) is 0.400. The standard InChI is InChI=1S/C20H22N6O/c27-20(17-11-21-18-7-3-4-9-26(17)18)25-10-8-14(12-25)24-19-15-5-1-2-6-16(15)22-13-23-19/h1-2,5-6,11,13-14H,3-4,7-10,12H2,(H,22,23,24)/t14-/m1/s1. The van der Waals surface area contributed by atoms with E-state index in [1.165, 1.54) is 0 Å². The number of aromatic nitrogens is 4. The Bertz CT molecular complexity index is 992. The van der Waals surface area contributed by atoms with E-state index in [0.717, 1.165) is 67.0 Å². The van der Waals surface area contributed by atoms with Crippen molar-refractivity contribution in [1.29, 1.82) is 0 Å². The van der Waals surface area contributed by atoms with Crippen molar-refractivity contribution in [2.75, 3.05) is 18.4 Å². The molecule has 7 nitrogen and oxygen atoms in total. The molecular formula is C20H22N6O. The molecule has 0 radical (unpaired) electrons. The van der Waals surface area contributed by atoms with Crippen LogP contribution in [0.5, 0.6) is 0 Å². The molecule has 1 fully saturated rings. The summed E-state index contributed by atoms with van der Waals surface area (Å²) in [5.41, 5.74) is 1.66. The van der Waals surface area contributed by atoms with Gasteiger partial charge >= 0.3 is 0 Å². The largest absolute Gasteiger partial charge is 0.365 e. The van der Waals surface area contributed by atoms with E-state index in [-0.39, 0.29) is 11.9 Å². The van der Waals surface area contributed by atoms with Gasteiger partial charge in [-0.1, -0.05) is 12.1 Å². The van der Waals surface area contributed by atoms with Gasteiger partial charge < -0.3 is 14.8 Å². The van der Waals surface area contributed by atoms with Crippen molar-refractivity contribution in [1.82, 2.24) is 24.4 Å². The number of aryl methyl sites for hydroxylation is 1. The number of benzene rings is 1. The molecule has 27 heavy (non-hydrogen) atoms. The zero-order chi connectivity index (χ0) is 18.2. The van der Waals surface area contributed by atoms with Crippen LogP contribution in [0.4, 0.5) is 5.82 Å². The summed E-state index contributed by atoms with van der Waals surface area (Å²) in [5.74, 6) is 1.97. The third kappa shape index (κ3) is 2.93. The van der Waals surface area contributed by atoms with Gasteiger partial charge in [0.25, 0.3) is 5.91 Å². The van der Waals surface area contributed by atoms with Crippen molar-refractivity contribution in [3.05, 3.63) is 48.3 Å². The molecule has 0 aliphatic carbocycles. The molecule has 2 aliphatic heterocycles. The molecule has 138 valence electrons. The number of hydrogen-bond donors (Lipinski definition) is 1. The number of likely N-dealkylation sites (tertiary alicyclic amines) is 1. The number of fused-ring (bicyclic) bond motifs is 2. The Morgan fingerprint density at radius 3 is 3.00 bits per heavy atom. The average molecular weight is 362 g/mol. The van der Waals surface area contributed by atoms with Gasteiger partial charge in [-0.25, -0.2) is 15.0 Å². The Kier molecular flexibility index (Phi) is 3.99. The summed E-state index contributed by atoms with van der Waals surface area (Å²) in [6, 6.07) is 8.16. The van der Waals surface area contributed by atoms with Gasteiger partial charge in [0, 0.05) is 37.5 Å². The Labute approximate surface area is 157 Å². The van der Waals surface area contributed by atoms with Crippen molar-refractivity contribution >= 4 is 22.6 Å². The van der Waals surface area contributed by atoms with E-state index in [1.54, 1.807) is 12.5 Å². The van der Waals surface area contributed by atoms with Crippen LogP contribution in [0.3, 0.4) is 0 Å². The minimum Gasteiger partial charge on any atom is -0.365 e. The average Bonchev–Trinajstić information content (AvgIpc) is 3.35. The predicted octanol–water partition coefficient (Wildman–Crippen LogP) is 2.49. The van der Waals surface area contributed by atoms with Crippen molar-refractivity contribution in [2.24, 2.45) is 0 Å². The monoisotopic (exact) mass is 362 g/mol. The molecule has 0 unspecified atom stereocenters. The van der Waals surface area contributed by atoms with E-state index in [0.29, 0.717) is 6.54 Å². The molecule has 1 aromatic carbocycles. The Morgan fingerprint density at radius 2 is 2.04 bits per heavy atom. The van der Waals surface area contributed by atoms with Crippen LogP contribution in [-0.2, 0) is 13.0 Å². The van der Waals surface area contributed by atoms with Crippen LogP contribution < -0.4 is 5.32 Å². The van der Waals surface area contributed by atoms with Gasteiger partial charge in [-0.15, -0.1) is 0 Å². The number of carbonyl (C=O) groups excluding carboxylic acids is 1. The lowest BCUT2D eigenvalue weighted by Crippen LogP contribution is -2.33. The van der Waals surface area contributed by atoms with Gasteiger partial charge in [0.15, 0.2) is 0 Å². The van der Waals surface area contributed by atoms with Crippen molar-refractivity contribution < 1.29 is 4.79 Å². The lowest BCUT2D eigenvalue weighted by Gasteiger charge is -2.20. The minimum absolute atomic E-state index is 0.0903. The molecule has 7 heteroatoms. The van der Waals surface area contributed by atoms with E-state index < -0.39 is 0 Å². The summed E-state index contributed by atoms with van der Waals surface area (Å²) in [6.07, 6.45) is 7.49. The fourth-order valence-electron chi connectivity index (χ4n) is 4.12. The van der Waals surface area contributed by atoms with Crippen LogP contribution in [0.15, 0.2) is 36.8 Å². The number of hydrogen-bond acceptors (Lipinski definition) is 5. The minimum atomic E-state index is 0.0903. The zero-order valence-electron chi connectivity index (χ0n) is 15.1. The lowest BCUT2D eigenvalue weighted by molar-refractivity contribution is 0.0779. The van der Waals surface area contributed by atoms with Gasteiger partial charge in [-0.05, 0) is 31.4 Å². The third-order valence-corrected chi connectivity index (χ3v) is 5.55. The van der Waals surface area contributed by atoms with Crippen LogP contribution in [0.25, 0.3) is 10.9 Å². The van der Waals surface area contributed by atoms with E-state index in [4.69, 9.17) is 0 Å². The first kappa shape index (κ1) is 16.2. The number of rotatable bonds is 3. The molecule has 0 saturated carbocycles. The highest BCUT2D eigenvalue weighted by molar-refractivity contribution is 5.93. The fourth-order valence-corrected chi connectivity index (χ4v) is 4.12. The van der Waals surface area contributed by atoms with Crippen LogP contribution in [-0.4, -0.2) is 49.5 Å². The number of amides is 1. The third-order valence-electron chi connectivity index (χ3n) is 5.55. The lowest BCUT2D eigenvalue weighted by atomic mass is 10.1. The van der Waals surface area contributed by atoms with Crippen LogP contribution in [0, 0.1) is 0 Å². The number of para-hydroxylation sites is 1. The summed E-state index contributed by atoms with van der Waals surface area (Å²) in [7, 11) is 0. The van der Waals surface area contributed by atoms with Crippen LogP contribution in [0.1, 0.15) is 35.6 Å². The van der Waals surface area contributed by atoms with E-state index >= 15 is 0 Å². The highest BCUT2D eigenvalue weighted by Crippen LogP contribution is 2.23. The smallest absolute Gasteiger partial charge is 0.272 e. The van der Waals surface area contributed by atoms with Crippen molar-refractivity contribution in [3.8, 4) is 0 Å². The number of carbonyl (C=O) groups is 1. The van der Waals surface area contributed by atoms with Gasteiger partial charge in [-0.3, -0.25) is 4.79 Å². The van der Waals surface area contributed by atoms with E-state index in [9.17, 15) is 4.79 Å². The molecule has 2 aromatic heterocycles. The number of anilines is 1. The molecular weight excluding hydrogens is 340 g/mol. The van der Waals surface area contributed by atoms with Crippen molar-refractivity contribution in [2.45, 2.75) is 38.3 Å². The Balaban J connectivity index is 1.31. The molecule has 5 rings (SSSR count). The molecule has 1 atom stereocenters. The summed E-state index contributed by atoms with van der Waals surface area (Å²) < 4.78 is 2.10. The predicted molar refractivity (Wildman–Crippen MR) is 103 cm³/mol. The van der Waals surface area contributed by atoms with Crippen molar-refractivity contribution in [3.63, 3.8) is 0 Å². The second-order valence-electron chi connectivity index (χ2n) is 7.29. The quantitative estimate of drug-likeness (QED) is 0.775. The second-order valence-corrected chi connectivity index (χ2v) is 7.29. The number of nitrogens with zero attached hydrogens (tertiary/aromatic N) is 5. The first-order valence-electron chi connectivity index (χ1n) is 9.59. The molecule has 2 aliphatic rings. The maximum atomic E-state index is 13.0. The molecule has 0 bridgehead atoms. The number of nitrogens with one attached hydrogen (secondary N) is 1. The molecule has 1 amide bonds. The molecule has 4 heterocycles. The van der Waals surface area contributed by atoms with Gasteiger partial charge in [-0.2, -0.15) is 0 Å². The first-order valence-corrected chi connectivity index (χ1v) is 9.59. The van der Waals surface area contributed by atoms with Gasteiger partial charge in [0.05, 0.1) is 11.7 Å². The molecule has 0 spiro atoms.